The molecule has 0 rings (SSSR count). The Kier molecular flexibility index (Phi) is 37.2. The third-order valence-electron chi connectivity index (χ3n) is 8.44. The van der Waals surface area contributed by atoms with E-state index in [1.54, 1.807) is 0 Å². The molecular formula is C42H76NO8P. The van der Waals surface area contributed by atoms with Crippen LogP contribution < -0.4 is 5.73 Å². The van der Waals surface area contributed by atoms with Crippen molar-refractivity contribution in [3.8, 4) is 0 Å². The fourth-order valence-corrected chi connectivity index (χ4v) is 6.09. The maximum atomic E-state index is 12.6. The lowest BCUT2D eigenvalue weighted by Crippen LogP contribution is -2.29. The first-order valence-corrected chi connectivity index (χ1v) is 22.1. The minimum Gasteiger partial charge on any atom is -0.462 e. The number of esters is 2. The lowest BCUT2D eigenvalue weighted by Gasteiger charge is -2.19. The zero-order valence-corrected chi connectivity index (χ0v) is 33.9. The zero-order valence-electron chi connectivity index (χ0n) is 33.0. The molecule has 10 heteroatoms. The Hall–Kier alpha value is -2.03. The topological polar surface area (TPSA) is 134 Å². The fraction of sp³-hybridized carbons (Fsp3) is 0.762. The lowest BCUT2D eigenvalue weighted by atomic mass is 10.1. The molecule has 0 fully saturated rings. The number of unbranched alkanes of at least 4 members (excludes halogenated alkanes) is 17. The molecule has 0 amide bonds. The van der Waals surface area contributed by atoms with Crippen molar-refractivity contribution < 1.29 is 37.6 Å². The number of carbonyl (C=O) groups excluding carboxylic acids is 2. The zero-order chi connectivity index (χ0) is 38.2. The molecule has 9 nitrogen and oxygen atoms in total. The largest absolute Gasteiger partial charge is 0.472 e. The normalized spacial score (nSPS) is 13.8. The van der Waals surface area contributed by atoms with Gasteiger partial charge in [-0.1, -0.05) is 140 Å². The van der Waals surface area contributed by atoms with Crippen molar-refractivity contribution in [2.24, 2.45) is 5.73 Å². The van der Waals surface area contributed by atoms with Crippen LogP contribution in [0.5, 0.6) is 0 Å². The van der Waals surface area contributed by atoms with Gasteiger partial charge in [-0.05, 0) is 70.6 Å². The summed E-state index contributed by atoms with van der Waals surface area (Å²) in [5.41, 5.74) is 5.34. The van der Waals surface area contributed by atoms with Crippen LogP contribution in [-0.4, -0.2) is 49.3 Å². The van der Waals surface area contributed by atoms with Crippen LogP contribution >= 0.6 is 7.82 Å². The maximum Gasteiger partial charge on any atom is 0.472 e. The third-order valence-corrected chi connectivity index (χ3v) is 9.42. The predicted octanol–water partition coefficient (Wildman–Crippen LogP) is 11.6. The second-order valence-electron chi connectivity index (χ2n) is 13.5. The van der Waals surface area contributed by atoms with Gasteiger partial charge in [-0.2, -0.15) is 0 Å². The van der Waals surface area contributed by atoms with Crippen molar-refractivity contribution in [3.63, 3.8) is 0 Å². The number of allylic oxidation sites excluding steroid dienone is 8. The number of ether oxygens (including phenoxy) is 2. The predicted molar refractivity (Wildman–Crippen MR) is 215 cm³/mol. The van der Waals surface area contributed by atoms with Crippen LogP contribution in [0, 0.1) is 0 Å². The first-order chi connectivity index (χ1) is 25.3. The van der Waals surface area contributed by atoms with Crippen LogP contribution in [-0.2, 0) is 32.7 Å². The molecule has 0 aromatic carbocycles. The van der Waals surface area contributed by atoms with Crippen LogP contribution in [0.1, 0.15) is 174 Å². The number of phosphoric acid groups is 1. The molecule has 0 aliphatic heterocycles. The second kappa shape index (κ2) is 38.7. The Bertz CT molecular complexity index is 996. The van der Waals surface area contributed by atoms with Crippen molar-refractivity contribution in [2.45, 2.75) is 180 Å². The van der Waals surface area contributed by atoms with Gasteiger partial charge in [-0.25, -0.2) is 4.57 Å². The molecule has 0 aliphatic rings. The van der Waals surface area contributed by atoms with Gasteiger partial charge in [0.2, 0.25) is 0 Å². The molecule has 0 saturated carbocycles. The SMILES string of the molecule is CCCC/C=C\C/C=C\CCCCCCCC(=O)OC[C@H](COP(=O)(O)OCCN)OC(=O)CCCCCCCCC/C=C\C/C=C\CCCCC. The Labute approximate surface area is 317 Å². The van der Waals surface area contributed by atoms with E-state index in [1.165, 1.54) is 57.8 Å². The van der Waals surface area contributed by atoms with E-state index in [1.807, 2.05) is 0 Å². The van der Waals surface area contributed by atoms with Crippen molar-refractivity contribution in [3.05, 3.63) is 48.6 Å². The molecule has 52 heavy (non-hydrogen) atoms. The summed E-state index contributed by atoms with van der Waals surface area (Å²) in [6.07, 6.45) is 42.7. The van der Waals surface area contributed by atoms with Gasteiger partial charge < -0.3 is 20.1 Å². The van der Waals surface area contributed by atoms with Gasteiger partial charge in [0.15, 0.2) is 6.10 Å². The molecule has 0 aliphatic carbocycles. The average molecular weight is 754 g/mol. The lowest BCUT2D eigenvalue weighted by molar-refractivity contribution is -0.161. The quantitative estimate of drug-likeness (QED) is 0.0273. The highest BCUT2D eigenvalue weighted by Crippen LogP contribution is 2.43. The van der Waals surface area contributed by atoms with Gasteiger partial charge >= 0.3 is 19.8 Å². The number of rotatable bonds is 38. The summed E-state index contributed by atoms with van der Waals surface area (Å²) in [5, 5.41) is 0. The molecule has 0 saturated heterocycles. The molecule has 2 atom stereocenters. The molecule has 0 aromatic rings. The summed E-state index contributed by atoms with van der Waals surface area (Å²) in [6.45, 7) is 3.63. The van der Waals surface area contributed by atoms with Crippen molar-refractivity contribution in [1.29, 1.82) is 0 Å². The van der Waals surface area contributed by atoms with Gasteiger partial charge in [0.05, 0.1) is 13.2 Å². The number of nitrogens with two attached hydrogens (primary N) is 1. The van der Waals surface area contributed by atoms with E-state index in [0.717, 1.165) is 77.0 Å². The van der Waals surface area contributed by atoms with Gasteiger partial charge in [-0.3, -0.25) is 18.6 Å². The van der Waals surface area contributed by atoms with Gasteiger partial charge in [0.25, 0.3) is 0 Å². The maximum absolute atomic E-state index is 12.6. The van der Waals surface area contributed by atoms with Gasteiger partial charge in [0.1, 0.15) is 6.61 Å². The number of hydrogen-bond acceptors (Lipinski definition) is 8. The second-order valence-corrected chi connectivity index (χ2v) is 14.9. The molecule has 0 bridgehead atoms. The summed E-state index contributed by atoms with van der Waals surface area (Å²) < 4.78 is 32.7. The summed E-state index contributed by atoms with van der Waals surface area (Å²) in [6, 6.07) is 0. The van der Waals surface area contributed by atoms with Crippen LogP contribution in [0.25, 0.3) is 0 Å². The highest BCUT2D eigenvalue weighted by atomic mass is 31.2. The number of phosphoric ester groups is 1. The fourth-order valence-electron chi connectivity index (χ4n) is 5.33. The average Bonchev–Trinajstić information content (AvgIpc) is 3.13. The number of hydrogen-bond donors (Lipinski definition) is 2. The van der Waals surface area contributed by atoms with Crippen LogP contribution in [0.4, 0.5) is 0 Å². The van der Waals surface area contributed by atoms with E-state index < -0.39 is 32.5 Å². The molecule has 0 aromatic heterocycles. The van der Waals surface area contributed by atoms with Gasteiger partial charge in [-0.15, -0.1) is 0 Å². The van der Waals surface area contributed by atoms with Crippen molar-refractivity contribution in [2.75, 3.05) is 26.4 Å². The van der Waals surface area contributed by atoms with Crippen molar-refractivity contribution in [1.82, 2.24) is 0 Å². The van der Waals surface area contributed by atoms with E-state index >= 15 is 0 Å². The molecule has 0 spiro atoms. The summed E-state index contributed by atoms with van der Waals surface area (Å²) in [7, 11) is -4.38. The minimum atomic E-state index is -4.38. The Morgan fingerprint density at radius 1 is 0.577 bits per heavy atom. The van der Waals surface area contributed by atoms with E-state index in [2.05, 4.69) is 62.5 Å². The standard InChI is InChI=1S/C42H76NO8P/c1-3-5-7-9-11-13-15-17-19-20-21-23-25-27-29-31-33-35-42(45)51-40(39-50-52(46,47)49-37-36-43)38-48-41(44)34-32-30-28-26-24-22-18-16-14-12-10-8-6-4-2/h10-13,16-19,40H,3-9,14-15,20-39,43H2,1-2H3,(H,46,47)/b12-10-,13-11-,18-16-,19-17-/t40-/m1/s1. The van der Waals surface area contributed by atoms with Gasteiger partial charge in [0, 0.05) is 19.4 Å². The first kappa shape index (κ1) is 50.0. The van der Waals surface area contributed by atoms with E-state index in [-0.39, 0.29) is 32.6 Å². The summed E-state index contributed by atoms with van der Waals surface area (Å²) in [5.74, 6) is -0.856. The highest BCUT2D eigenvalue weighted by Gasteiger charge is 2.25. The Morgan fingerprint density at radius 2 is 1.02 bits per heavy atom. The monoisotopic (exact) mass is 754 g/mol. The minimum absolute atomic E-state index is 0.0484. The highest BCUT2D eigenvalue weighted by molar-refractivity contribution is 7.47. The van der Waals surface area contributed by atoms with E-state index in [0.29, 0.717) is 12.8 Å². The molecule has 1 unspecified atom stereocenters. The van der Waals surface area contributed by atoms with E-state index in [9.17, 15) is 19.0 Å². The molecule has 0 heterocycles. The first-order valence-electron chi connectivity index (χ1n) is 20.6. The Balaban J connectivity index is 4.22. The van der Waals surface area contributed by atoms with Crippen LogP contribution in [0.2, 0.25) is 0 Å². The molecule has 302 valence electrons. The molecule has 0 radical (unpaired) electrons. The number of carbonyl (C=O) groups is 2. The van der Waals surface area contributed by atoms with Crippen LogP contribution in [0.3, 0.4) is 0 Å². The summed E-state index contributed by atoms with van der Waals surface area (Å²) in [4.78, 5) is 34.8. The van der Waals surface area contributed by atoms with Crippen molar-refractivity contribution >= 4 is 19.8 Å². The summed E-state index contributed by atoms with van der Waals surface area (Å²) >= 11 is 0. The van der Waals surface area contributed by atoms with E-state index in [4.69, 9.17) is 24.3 Å². The van der Waals surface area contributed by atoms with Crippen LogP contribution in [0.15, 0.2) is 48.6 Å². The smallest absolute Gasteiger partial charge is 0.462 e. The molecular weight excluding hydrogens is 677 g/mol. The Morgan fingerprint density at radius 3 is 1.52 bits per heavy atom. The third kappa shape index (κ3) is 37.7. The molecule has 3 N–H and O–H groups in total.